The first-order valence-electron chi connectivity index (χ1n) is 11.5. The molecule has 3 atom stereocenters. The Labute approximate surface area is 186 Å². The second-order valence-electron chi connectivity index (χ2n) is 10.2. The van der Waals surface area contributed by atoms with Gasteiger partial charge in [-0.25, -0.2) is 0 Å². The van der Waals surface area contributed by atoms with Crippen LogP contribution in [0.15, 0.2) is 42.6 Å². The summed E-state index contributed by atoms with van der Waals surface area (Å²) in [7, 11) is 0. The molecule has 0 spiro atoms. The lowest BCUT2D eigenvalue weighted by Gasteiger charge is -2.38. The Bertz CT molecular complexity index is 907. The molecule has 1 fully saturated rings. The van der Waals surface area contributed by atoms with Gasteiger partial charge in [-0.2, -0.15) is 0 Å². The van der Waals surface area contributed by atoms with Crippen molar-refractivity contribution in [1.82, 2.24) is 15.2 Å². The van der Waals surface area contributed by atoms with E-state index in [0.29, 0.717) is 5.92 Å². The molecule has 3 heterocycles. The molecule has 0 bridgehead atoms. The zero-order valence-corrected chi connectivity index (χ0v) is 19.2. The Morgan fingerprint density at radius 3 is 2.87 bits per heavy atom. The molecule has 0 aliphatic carbocycles. The van der Waals surface area contributed by atoms with Crippen LogP contribution in [0.5, 0.6) is 5.75 Å². The summed E-state index contributed by atoms with van der Waals surface area (Å²) in [5.74, 6) is 1.45. The van der Waals surface area contributed by atoms with Gasteiger partial charge in [0.2, 0.25) is 5.91 Å². The number of hydrogen-bond donors (Lipinski definition) is 1. The maximum absolute atomic E-state index is 12.8. The molecule has 2 aromatic rings. The van der Waals surface area contributed by atoms with Crippen molar-refractivity contribution in [2.45, 2.75) is 65.6 Å². The highest BCUT2D eigenvalue weighted by Crippen LogP contribution is 2.33. The van der Waals surface area contributed by atoms with Crippen LogP contribution in [0, 0.1) is 11.3 Å². The number of benzene rings is 1. The van der Waals surface area contributed by atoms with Crippen molar-refractivity contribution in [1.29, 1.82) is 0 Å². The first-order chi connectivity index (χ1) is 14.8. The number of piperidine rings is 1. The van der Waals surface area contributed by atoms with E-state index in [1.165, 1.54) is 11.1 Å². The summed E-state index contributed by atoms with van der Waals surface area (Å²) in [5, 5.41) is 3.32. The normalized spacial score (nSPS) is 22.5. The molecule has 5 heteroatoms. The Kier molecular flexibility index (Phi) is 6.33. The van der Waals surface area contributed by atoms with Crippen LogP contribution in [-0.2, 0) is 17.8 Å². The largest absolute Gasteiger partial charge is 0.490 e. The minimum atomic E-state index is -0.426. The van der Waals surface area contributed by atoms with E-state index in [0.717, 1.165) is 50.3 Å². The van der Waals surface area contributed by atoms with Crippen molar-refractivity contribution in [2.75, 3.05) is 13.1 Å². The van der Waals surface area contributed by atoms with E-state index in [-0.39, 0.29) is 18.1 Å². The number of hydrogen-bond acceptors (Lipinski definition) is 4. The SMILES string of the molecule is C[C@H]1Cc2cc(CN3CCC[C@H]([C@H](NC(=O)C(C)(C)C)c4ccccn4)C3)ccc2O1. The number of carbonyl (C=O) groups excluding carboxylic acids is 1. The minimum Gasteiger partial charge on any atom is -0.490 e. The van der Waals surface area contributed by atoms with E-state index >= 15 is 0 Å². The van der Waals surface area contributed by atoms with Crippen molar-refractivity contribution in [3.8, 4) is 5.75 Å². The van der Waals surface area contributed by atoms with Crippen LogP contribution in [0.25, 0.3) is 0 Å². The van der Waals surface area contributed by atoms with E-state index < -0.39 is 5.41 Å². The van der Waals surface area contributed by atoms with Crippen molar-refractivity contribution in [2.24, 2.45) is 11.3 Å². The molecule has 0 unspecified atom stereocenters. The lowest BCUT2D eigenvalue weighted by atomic mass is 9.86. The first-order valence-corrected chi connectivity index (χ1v) is 11.5. The topological polar surface area (TPSA) is 54.5 Å². The lowest BCUT2D eigenvalue weighted by molar-refractivity contribution is -0.130. The number of nitrogens with zero attached hydrogens (tertiary/aromatic N) is 2. The average molecular weight is 422 g/mol. The molecule has 1 aromatic carbocycles. The molecule has 31 heavy (non-hydrogen) atoms. The number of aromatic nitrogens is 1. The van der Waals surface area contributed by atoms with Crippen molar-refractivity contribution in [3.63, 3.8) is 0 Å². The van der Waals surface area contributed by atoms with Gasteiger partial charge < -0.3 is 10.1 Å². The van der Waals surface area contributed by atoms with Gasteiger partial charge >= 0.3 is 0 Å². The number of rotatable bonds is 5. The minimum absolute atomic E-state index is 0.0648. The summed E-state index contributed by atoms with van der Waals surface area (Å²) in [5.41, 5.74) is 3.19. The third-order valence-corrected chi connectivity index (χ3v) is 6.35. The van der Waals surface area contributed by atoms with Gasteiger partial charge in [-0.3, -0.25) is 14.7 Å². The zero-order valence-electron chi connectivity index (χ0n) is 19.2. The first kappa shape index (κ1) is 21.8. The molecule has 1 N–H and O–H groups in total. The van der Waals surface area contributed by atoms with Crippen LogP contribution in [0.3, 0.4) is 0 Å². The molecule has 4 rings (SSSR count). The van der Waals surface area contributed by atoms with Crippen LogP contribution >= 0.6 is 0 Å². The fourth-order valence-corrected chi connectivity index (χ4v) is 4.69. The molecule has 2 aliphatic heterocycles. The van der Waals surface area contributed by atoms with Gasteiger partial charge in [0, 0.05) is 31.1 Å². The molecule has 0 saturated carbocycles. The number of nitrogens with one attached hydrogen (secondary N) is 1. The van der Waals surface area contributed by atoms with Crippen LogP contribution in [0.2, 0.25) is 0 Å². The Morgan fingerprint density at radius 2 is 2.13 bits per heavy atom. The smallest absolute Gasteiger partial charge is 0.225 e. The Morgan fingerprint density at radius 1 is 1.29 bits per heavy atom. The van der Waals surface area contributed by atoms with E-state index in [4.69, 9.17) is 4.74 Å². The Hall–Kier alpha value is -2.40. The third-order valence-electron chi connectivity index (χ3n) is 6.35. The van der Waals surface area contributed by atoms with Gasteiger partial charge in [0.1, 0.15) is 11.9 Å². The van der Waals surface area contributed by atoms with E-state index in [1.54, 1.807) is 0 Å². The summed E-state index contributed by atoms with van der Waals surface area (Å²) >= 11 is 0. The number of fused-ring (bicyclic) bond motifs is 1. The number of amides is 1. The number of likely N-dealkylation sites (tertiary alicyclic amines) is 1. The fourth-order valence-electron chi connectivity index (χ4n) is 4.69. The van der Waals surface area contributed by atoms with Crippen LogP contribution in [0.4, 0.5) is 0 Å². The zero-order chi connectivity index (χ0) is 22.0. The van der Waals surface area contributed by atoms with Gasteiger partial charge in [-0.15, -0.1) is 0 Å². The van der Waals surface area contributed by atoms with E-state index in [9.17, 15) is 4.79 Å². The molecule has 1 aromatic heterocycles. The van der Waals surface area contributed by atoms with Gasteiger partial charge in [-0.1, -0.05) is 39.0 Å². The molecule has 1 saturated heterocycles. The highest BCUT2D eigenvalue weighted by molar-refractivity contribution is 5.81. The molecule has 1 amide bonds. The molecule has 2 aliphatic rings. The number of pyridine rings is 1. The summed E-state index contributed by atoms with van der Waals surface area (Å²) in [6, 6.07) is 12.5. The van der Waals surface area contributed by atoms with Crippen molar-refractivity contribution < 1.29 is 9.53 Å². The standard InChI is InChI=1S/C26H35N3O2/c1-18-14-21-15-19(10-11-23(21)31-18)16-29-13-7-8-20(17-29)24(22-9-5-6-12-27-22)28-25(30)26(2,3)4/h5-6,9-12,15,18,20,24H,7-8,13-14,16-17H2,1-4H3,(H,28,30)/t18-,20-,24-/m0/s1. The van der Waals surface area contributed by atoms with Gasteiger partial charge in [0.05, 0.1) is 11.7 Å². The maximum Gasteiger partial charge on any atom is 0.225 e. The molecule has 5 nitrogen and oxygen atoms in total. The molecular formula is C26H35N3O2. The Balaban J connectivity index is 1.48. The molecule has 166 valence electrons. The van der Waals surface area contributed by atoms with Gasteiger partial charge in [0.25, 0.3) is 0 Å². The van der Waals surface area contributed by atoms with Gasteiger partial charge in [0.15, 0.2) is 0 Å². The van der Waals surface area contributed by atoms with Crippen LogP contribution in [-0.4, -0.2) is 35.0 Å². The second kappa shape index (κ2) is 8.99. The van der Waals surface area contributed by atoms with Crippen molar-refractivity contribution in [3.05, 3.63) is 59.4 Å². The molecule has 0 radical (unpaired) electrons. The van der Waals surface area contributed by atoms with Crippen molar-refractivity contribution >= 4 is 5.91 Å². The van der Waals surface area contributed by atoms with Crippen LogP contribution < -0.4 is 10.1 Å². The van der Waals surface area contributed by atoms with E-state index in [2.05, 4.69) is 40.3 Å². The summed E-state index contributed by atoms with van der Waals surface area (Å²) < 4.78 is 5.85. The van der Waals surface area contributed by atoms with Gasteiger partial charge in [-0.05, 0) is 61.6 Å². The second-order valence-corrected chi connectivity index (χ2v) is 10.2. The fraction of sp³-hybridized carbons (Fsp3) is 0.538. The summed E-state index contributed by atoms with van der Waals surface area (Å²) in [6.45, 7) is 11.0. The summed E-state index contributed by atoms with van der Waals surface area (Å²) in [4.78, 5) is 20.0. The third kappa shape index (κ3) is 5.27. The molecular weight excluding hydrogens is 386 g/mol. The quantitative estimate of drug-likeness (QED) is 0.771. The summed E-state index contributed by atoms with van der Waals surface area (Å²) in [6.07, 6.45) is 5.31. The number of carbonyl (C=O) groups is 1. The lowest BCUT2D eigenvalue weighted by Crippen LogP contribution is -2.45. The highest BCUT2D eigenvalue weighted by Gasteiger charge is 2.33. The highest BCUT2D eigenvalue weighted by atomic mass is 16.5. The monoisotopic (exact) mass is 421 g/mol. The van der Waals surface area contributed by atoms with Crippen LogP contribution in [0.1, 0.15) is 63.4 Å². The maximum atomic E-state index is 12.8. The number of ether oxygens (including phenoxy) is 1. The average Bonchev–Trinajstić information content (AvgIpc) is 3.11. The predicted molar refractivity (Wildman–Crippen MR) is 123 cm³/mol. The predicted octanol–water partition coefficient (Wildman–Crippen LogP) is 4.52. The van der Waals surface area contributed by atoms with E-state index in [1.807, 2.05) is 45.2 Å².